The quantitative estimate of drug-likeness (QED) is 0.793. The third kappa shape index (κ3) is 6.04. The maximum absolute atomic E-state index is 12.4. The zero-order chi connectivity index (χ0) is 18.2. The summed E-state index contributed by atoms with van der Waals surface area (Å²) >= 11 is 0. The number of methoxy groups -OCH3 is 1. The molecule has 0 unspecified atom stereocenters. The molecule has 0 saturated carbocycles. The Hall–Kier alpha value is -2.67. The van der Waals surface area contributed by atoms with Crippen LogP contribution in [0.1, 0.15) is 5.56 Å². The van der Waals surface area contributed by atoms with Crippen LogP contribution in [-0.2, 0) is 11.3 Å². The van der Waals surface area contributed by atoms with Gasteiger partial charge in [0.05, 0.1) is 19.3 Å². The van der Waals surface area contributed by atoms with Gasteiger partial charge in [-0.3, -0.25) is 9.69 Å². The molecule has 0 aliphatic heterocycles. The fourth-order valence-electron chi connectivity index (χ4n) is 2.34. The number of carbonyl (C=O) groups excluding carboxylic acids is 1. The fraction of sp³-hybridized carbons (Fsp3) is 0.278. The average Bonchev–Trinajstić information content (AvgIpc) is 2.56. The SMILES string of the molecule is COc1cccc(CN(C)CC(=O)Nc2ccccc2OC(F)F)c1. The molecule has 0 spiro atoms. The Labute approximate surface area is 145 Å². The lowest BCUT2D eigenvalue weighted by Gasteiger charge is -2.17. The van der Waals surface area contributed by atoms with Gasteiger partial charge in [0.25, 0.3) is 0 Å². The molecule has 2 rings (SSSR count). The summed E-state index contributed by atoms with van der Waals surface area (Å²) in [5.41, 5.74) is 1.21. The van der Waals surface area contributed by atoms with Crippen molar-refractivity contribution in [3.05, 3.63) is 54.1 Å². The highest BCUT2D eigenvalue weighted by molar-refractivity contribution is 5.93. The van der Waals surface area contributed by atoms with E-state index >= 15 is 0 Å². The number of nitrogens with zero attached hydrogens (tertiary/aromatic N) is 1. The maximum atomic E-state index is 12.4. The number of alkyl halides is 2. The summed E-state index contributed by atoms with van der Waals surface area (Å²) in [4.78, 5) is 14.0. The summed E-state index contributed by atoms with van der Waals surface area (Å²) < 4.78 is 34.4. The fourth-order valence-corrected chi connectivity index (χ4v) is 2.34. The molecule has 0 radical (unpaired) electrons. The van der Waals surface area contributed by atoms with Gasteiger partial charge in [-0.25, -0.2) is 0 Å². The number of nitrogens with one attached hydrogen (secondary N) is 1. The van der Waals surface area contributed by atoms with Gasteiger partial charge in [-0.2, -0.15) is 8.78 Å². The van der Waals surface area contributed by atoms with Crippen molar-refractivity contribution < 1.29 is 23.0 Å². The second-order valence-corrected chi connectivity index (χ2v) is 5.45. The molecule has 1 amide bonds. The van der Waals surface area contributed by atoms with Crippen molar-refractivity contribution in [2.45, 2.75) is 13.2 Å². The van der Waals surface area contributed by atoms with Crippen molar-refractivity contribution >= 4 is 11.6 Å². The van der Waals surface area contributed by atoms with Crippen molar-refractivity contribution in [1.29, 1.82) is 0 Å². The van der Waals surface area contributed by atoms with Gasteiger partial charge in [0, 0.05) is 6.54 Å². The number of benzene rings is 2. The normalized spacial score (nSPS) is 10.8. The molecular weight excluding hydrogens is 330 g/mol. The molecule has 0 bridgehead atoms. The second kappa shape index (κ2) is 8.98. The third-order valence-electron chi connectivity index (χ3n) is 3.38. The van der Waals surface area contributed by atoms with Crippen molar-refractivity contribution in [2.75, 3.05) is 26.0 Å². The maximum Gasteiger partial charge on any atom is 0.387 e. The topological polar surface area (TPSA) is 50.8 Å². The molecule has 134 valence electrons. The van der Waals surface area contributed by atoms with Gasteiger partial charge in [-0.05, 0) is 36.9 Å². The first-order valence-corrected chi connectivity index (χ1v) is 7.63. The highest BCUT2D eigenvalue weighted by atomic mass is 19.3. The summed E-state index contributed by atoms with van der Waals surface area (Å²) in [6.07, 6.45) is 0. The number of hydrogen-bond donors (Lipinski definition) is 1. The Bertz CT molecular complexity index is 710. The molecule has 5 nitrogen and oxygen atoms in total. The first-order valence-electron chi connectivity index (χ1n) is 7.63. The highest BCUT2D eigenvalue weighted by Crippen LogP contribution is 2.25. The van der Waals surface area contributed by atoms with E-state index in [1.54, 1.807) is 31.2 Å². The number of rotatable bonds is 8. The minimum absolute atomic E-state index is 0.0682. The standard InChI is InChI=1S/C18H20F2N2O3/c1-22(11-13-6-5-7-14(10-13)24-2)12-17(23)21-15-8-3-4-9-16(15)25-18(19)20/h3-10,18H,11-12H2,1-2H3,(H,21,23). The lowest BCUT2D eigenvalue weighted by Crippen LogP contribution is -2.30. The van der Waals surface area contributed by atoms with Gasteiger partial charge in [-0.15, -0.1) is 0 Å². The zero-order valence-electron chi connectivity index (χ0n) is 14.0. The van der Waals surface area contributed by atoms with Crippen LogP contribution >= 0.6 is 0 Å². The molecular formula is C18H20F2N2O3. The van der Waals surface area contributed by atoms with E-state index in [9.17, 15) is 13.6 Å². The van der Waals surface area contributed by atoms with Gasteiger partial charge in [0.2, 0.25) is 5.91 Å². The Morgan fingerprint density at radius 1 is 1.20 bits per heavy atom. The summed E-state index contributed by atoms with van der Waals surface area (Å²) in [5, 5.41) is 2.59. The largest absolute Gasteiger partial charge is 0.497 e. The van der Waals surface area contributed by atoms with E-state index in [0.717, 1.165) is 11.3 Å². The van der Waals surface area contributed by atoms with Crippen molar-refractivity contribution in [2.24, 2.45) is 0 Å². The predicted octanol–water partition coefficient (Wildman–Crippen LogP) is 3.37. The molecule has 25 heavy (non-hydrogen) atoms. The van der Waals surface area contributed by atoms with E-state index in [1.807, 2.05) is 24.3 Å². The molecule has 2 aromatic carbocycles. The van der Waals surface area contributed by atoms with Gasteiger partial charge in [0.15, 0.2) is 0 Å². The van der Waals surface area contributed by atoms with E-state index < -0.39 is 6.61 Å². The number of ether oxygens (including phenoxy) is 2. The Morgan fingerprint density at radius 3 is 2.68 bits per heavy atom. The van der Waals surface area contributed by atoms with Gasteiger partial charge in [-0.1, -0.05) is 24.3 Å². The number of anilines is 1. The number of likely N-dealkylation sites (N-methyl/N-ethyl adjacent to an activating group) is 1. The molecule has 0 saturated heterocycles. The Balaban J connectivity index is 1.93. The number of amides is 1. The number of hydrogen-bond acceptors (Lipinski definition) is 4. The van der Waals surface area contributed by atoms with Crippen LogP contribution in [0, 0.1) is 0 Å². The lowest BCUT2D eigenvalue weighted by atomic mass is 10.2. The first-order chi connectivity index (χ1) is 12.0. The second-order valence-electron chi connectivity index (χ2n) is 5.45. The number of para-hydroxylation sites is 2. The molecule has 7 heteroatoms. The smallest absolute Gasteiger partial charge is 0.387 e. The molecule has 0 heterocycles. The molecule has 1 N–H and O–H groups in total. The first kappa shape index (κ1) is 18.7. The minimum atomic E-state index is -2.95. The van der Waals surface area contributed by atoms with E-state index in [-0.39, 0.29) is 23.9 Å². The van der Waals surface area contributed by atoms with Gasteiger partial charge >= 0.3 is 6.61 Å². The van der Waals surface area contributed by atoms with Gasteiger partial charge in [0.1, 0.15) is 11.5 Å². The highest BCUT2D eigenvalue weighted by Gasteiger charge is 2.13. The van der Waals surface area contributed by atoms with Crippen LogP contribution in [0.4, 0.5) is 14.5 Å². The van der Waals surface area contributed by atoms with Crippen molar-refractivity contribution in [3.8, 4) is 11.5 Å². The van der Waals surface area contributed by atoms with Crippen LogP contribution in [0.5, 0.6) is 11.5 Å². The minimum Gasteiger partial charge on any atom is -0.497 e. The summed E-state index contributed by atoms with van der Waals surface area (Å²) in [7, 11) is 3.38. The predicted molar refractivity (Wildman–Crippen MR) is 91.0 cm³/mol. The van der Waals surface area contributed by atoms with E-state index in [2.05, 4.69) is 10.1 Å². The molecule has 0 aliphatic rings. The van der Waals surface area contributed by atoms with E-state index in [0.29, 0.717) is 6.54 Å². The van der Waals surface area contributed by atoms with E-state index in [4.69, 9.17) is 4.74 Å². The van der Waals surface area contributed by atoms with Crippen LogP contribution < -0.4 is 14.8 Å². The van der Waals surface area contributed by atoms with Crippen LogP contribution in [0.3, 0.4) is 0 Å². The van der Waals surface area contributed by atoms with E-state index in [1.165, 1.54) is 12.1 Å². The van der Waals surface area contributed by atoms with Crippen LogP contribution in [0.25, 0.3) is 0 Å². The summed E-state index contributed by atoms with van der Waals surface area (Å²) in [5.74, 6) is 0.352. The molecule has 0 aromatic heterocycles. The molecule has 0 aliphatic carbocycles. The number of carbonyl (C=O) groups is 1. The van der Waals surface area contributed by atoms with Crippen LogP contribution in [0.2, 0.25) is 0 Å². The van der Waals surface area contributed by atoms with Crippen molar-refractivity contribution in [3.63, 3.8) is 0 Å². The Kier molecular flexibility index (Phi) is 6.71. The summed E-state index contributed by atoms with van der Waals surface area (Å²) in [6, 6.07) is 13.6. The monoisotopic (exact) mass is 350 g/mol. The summed E-state index contributed by atoms with van der Waals surface area (Å²) in [6.45, 7) is -2.31. The Morgan fingerprint density at radius 2 is 1.96 bits per heavy atom. The van der Waals surface area contributed by atoms with Gasteiger partial charge < -0.3 is 14.8 Å². The molecule has 2 aromatic rings. The lowest BCUT2D eigenvalue weighted by molar-refractivity contribution is -0.117. The molecule has 0 atom stereocenters. The van der Waals surface area contributed by atoms with Crippen LogP contribution in [-0.4, -0.2) is 38.1 Å². The van der Waals surface area contributed by atoms with Crippen molar-refractivity contribution in [1.82, 2.24) is 4.90 Å². The molecule has 0 fully saturated rings. The zero-order valence-corrected chi connectivity index (χ0v) is 14.0. The van der Waals surface area contributed by atoms with Crippen LogP contribution in [0.15, 0.2) is 48.5 Å². The third-order valence-corrected chi connectivity index (χ3v) is 3.38. The average molecular weight is 350 g/mol. The number of halogens is 2.